The number of carbonyl (C=O) groups excluding carboxylic acids is 2. The van der Waals surface area contributed by atoms with Crippen LogP contribution in [0.2, 0.25) is 0 Å². The molecule has 0 spiro atoms. The first-order chi connectivity index (χ1) is 6.97. The van der Waals surface area contributed by atoms with E-state index in [1.165, 1.54) is 6.92 Å². The summed E-state index contributed by atoms with van der Waals surface area (Å²) in [6.45, 7) is 2.92. The molecule has 0 rings (SSSR count). The van der Waals surface area contributed by atoms with E-state index in [0.717, 1.165) is 0 Å². The summed E-state index contributed by atoms with van der Waals surface area (Å²) in [6.07, 6.45) is 1.04. The molecule has 0 aromatic carbocycles. The molecule has 0 fully saturated rings. The molecule has 15 heavy (non-hydrogen) atoms. The normalized spacial score (nSPS) is 11.6. The van der Waals surface area contributed by atoms with E-state index >= 15 is 0 Å². The third-order valence-electron chi connectivity index (χ3n) is 1.71. The Morgan fingerprint density at radius 1 is 1.33 bits per heavy atom. The zero-order valence-corrected chi connectivity index (χ0v) is 8.87. The molecule has 3 N–H and O–H groups in total. The molecule has 0 aliphatic carbocycles. The molecule has 0 unspecified atom stereocenters. The van der Waals surface area contributed by atoms with Crippen molar-refractivity contribution in [2.75, 3.05) is 6.54 Å². The van der Waals surface area contributed by atoms with Crippen molar-refractivity contribution in [2.24, 2.45) is 0 Å². The van der Waals surface area contributed by atoms with Crippen LogP contribution < -0.4 is 10.6 Å². The number of carboxylic acids is 1. The SMILES string of the molecule is CCC[C@@H](NC(=O)CNC(C)=O)C(=O)O. The number of rotatable bonds is 6. The summed E-state index contributed by atoms with van der Waals surface area (Å²) < 4.78 is 0. The molecule has 0 radical (unpaired) electrons. The van der Waals surface area contributed by atoms with Crippen LogP contribution in [0.3, 0.4) is 0 Å². The number of carboxylic acid groups (broad SMARTS) is 1. The Bertz CT molecular complexity index is 252. The molecule has 1 atom stereocenters. The van der Waals surface area contributed by atoms with Gasteiger partial charge in [-0.25, -0.2) is 4.79 Å². The van der Waals surface area contributed by atoms with Crippen molar-refractivity contribution in [1.82, 2.24) is 10.6 Å². The van der Waals surface area contributed by atoms with Gasteiger partial charge in [0.15, 0.2) is 0 Å². The molecule has 0 heterocycles. The molecule has 0 aromatic rings. The average Bonchev–Trinajstić information content (AvgIpc) is 2.14. The van der Waals surface area contributed by atoms with Crippen LogP contribution in [0.15, 0.2) is 0 Å². The minimum Gasteiger partial charge on any atom is -0.480 e. The predicted octanol–water partition coefficient (Wildman–Crippen LogP) is -0.508. The minimum absolute atomic E-state index is 0.192. The van der Waals surface area contributed by atoms with Crippen LogP contribution in [0.25, 0.3) is 0 Å². The van der Waals surface area contributed by atoms with Gasteiger partial charge >= 0.3 is 5.97 Å². The molecular formula is C9H16N2O4. The molecular weight excluding hydrogens is 200 g/mol. The highest BCUT2D eigenvalue weighted by Gasteiger charge is 2.18. The summed E-state index contributed by atoms with van der Waals surface area (Å²) in [5.74, 6) is -1.88. The number of hydrogen-bond donors (Lipinski definition) is 3. The number of aliphatic carboxylic acids is 1. The Morgan fingerprint density at radius 2 is 1.93 bits per heavy atom. The van der Waals surface area contributed by atoms with E-state index < -0.39 is 17.9 Å². The third kappa shape index (κ3) is 6.48. The monoisotopic (exact) mass is 216 g/mol. The zero-order chi connectivity index (χ0) is 11.8. The average molecular weight is 216 g/mol. The first kappa shape index (κ1) is 13.4. The molecule has 0 bridgehead atoms. The second-order valence-corrected chi connectivity index (χ2v) is 3.16. The molecule has 0 aliphatic rings. The fourth-order valence-corrected chi connectivity index (χ4v) is 0.996. The zero-order valence-electron chi connectivity index (χ0n) is 8.87. The summed E-state index contributed by atoms with van der Waals surface area (Å²) >= 11 is 0. The van der Waals surface area contributed by atoms with E-state index in [4.69, 9.17) is 5.11 Å². The molecule has 0 saturated heterocycles. The molecule has 6 nitrogen and oxygen atoms in total. The largest absolute Gasteiger partial charge is 0.480 e. The fourth-order valence-electron chi connectivity index (χ4n) is 0.996. The smallest absolute Gasteiger partial charge is 0.326 e. The van der Waals surface area contributed by atoms with Crippen molar-refractivity contribution in [3.63, 3.8) is 0 Å². The van der Waals surface area contributed by atoms with Crippen molar-refractivity contribution < 1.29 is 19.5 Å². The lowest BCUT2D eigenvalue weighted by Gasteiger charge is -2.13. The first-order valence-corrected chi connectivity index (χ1v) is 4.74. The predicted molar refractivity (Wildman–Crippen MR) is 53.2 cm³/mol. The molecule has 0 aromatic heterocycles. The first-order valence-electron chi connectivity index (χ1n) is 4.74. The van der Waals surface area contributed by atoms with E-state index in [1.54, 1.807) is 0 Å². The van der Waals surface area contributed by atoms with Crippen molar-refractivity contribution in [1.29, 1.82) is 0 Å². The molecule has 6 heteroatoms. The van der Waals surface area contributed by atoms with Gasteiger partial charge in [0, 0.05) is 6.92 Å². The van der Waals surface area contributed by atoms with Crippen molar-refractivity contribution >= 4 is 17.8 Å². The number of hydrogen-bond acceptors (Lipinski definition) is 3. The summed E-state index contributed by atoms with van der Waals surface area (Å²) in [4.78, 5) is 32.3. The third-order valence-corrected chi connectivity index (χ3v) is 1.71. The number of carbonyl (C=O) groups is 3. The second-order valence-electron chi connectivity index (χ2n) is 3.16. The maximum Gasteiger partial charge on any atom is 0.326 e. The van der Waals surface area contributed by atoms with Crippen molar-refractivity contribution in [2.45, 2.75) is 32.7 Å². The lowest BCUT2D eigenvalue weighted by Crippen LogP contribution is -2.45. The Balaban J connectivity index is 3.99. The lowest BCUT2D eigenvalue weighted by atomic mass is 10.1. The van der Waals surface area contributed by atoms with Gasteiger partial charge < -0.3 is 15.7 Å². The van der Waals surface area contributed by atoms with Crippen LogP contribution in [0.5, 0.6) is 0 Å². The highest BCUT2D eigenvalue weighted by atomic mass is 16.4. The van der Waals surface area contributed by atoms with Gasteiger partial charge in [0.05, 0.1) is 6.54 Å². The summed E-state index contributed by atoms with van der Waals surface area (Å²) in [6, 6.07) is -0.878. The summed E-state index contributed by atoms with van der Waals surface area (Å²) in [7, 11) is 0. The topological polar surface area (TPSA) is 95.5 Å². The van der Waals surface area contributed by atoms with Crippen LogP contribution >= 0.6 is 0 Å². The van der Waals surface area contributed by atoms with Gasteiger partial charge in [0.25, 0.3) is 0 Å². The van der Waals surface area contributed by atoms with Gasteiger partial charge in [-0.1, -0.05) is 13.3 Å². The maximum absolute atomic E-state index is 11.1. The van der Waals surface area contributed by atoms with Gasteiger partial charge in [-0.05, 0) is 6.42 Å². The lowest BCUT2D eigenvalue weighted by molar-refractivity contribution is -0.141. The van der Waals surface area contributed by atoms with E-state index in [0.29, 0.717) is 12.8 Å². The van der Waals surface area contributed by atoms with Gasteiger partial charge in [-0.15, -0.1) is 0 Å². The Morgan fingerprint density at radius 3 is 2.33 bits per heavy atom. The van der Waals surface area contributed by atoms with Crippen LogP contribution in [0.1, 0.15) is 26.7 Å². The highest BCUT2D eigenvalue weighted by Crippen LogP contribution is 1.96. The standard InChI is InChI=1S/C9H16N2O4/c1-3-4-7(9(14)15)11-8(13)5-10-6(2)12/h7H,3-5H2,1-2H3,(H,10,12)(H,11,13)(H,14,15)/t7-/m1/s1. The van der Waals surface area contributed by atoms with Crippen LogP contribution in [0.4, 0.5) is 0 Å². The van der Waals surface area contributed by atoms with Crippen LogP contribution in [-0.4, -0.2) is 35.5 Å². The molecule has 0 aliphatic heterocycles. The highest BCUT2D eigenvalue weighted by molar-refractivity contribution is 5.87. The second kappa shape index (κ2) is 6.80. The Kier molecular flexibility index (Phi) is 6.08. The van der Waals surface area contributed by atoms with E-state index in [-0.39, 0.29) is 12.5 Å². The van der Waals surface area contributed by atoms with Crippen LogP contribution in [-0.2, 0) is 14.4 Å². The van der Waals surface area contributed by atoms with Crippen molar-refractivity contribution in [3.05, 3.63) is 0 Å². The van der Waals surface area contributed by atoms with E-state index in [1.807, 2.05) is 6.92 Å². The fraction of sp³-hybridized carbons (Fsp3) is 0.667. The molecule has 0 saturated carbocycles. The van der Waals surface area contributed by atoms with Crippen molar-refractivity contribution in [3.8, 4) is 0 Å². The van der Waals surface area contributed by atoms with Gasteiger partial charge in [-0.2, -0.15) is 0 Å². The number of amides is 2. The maximum atomic E-state index is 11.1. The van der Waals surface area contributed by atoms with E-state index in [9.17, 15) is 14.4 Å². The summed E-state index contributed by atoms with van der Waals surface area (Å²) in [5, 5.41) is 13.3. The molecule has 2 amide bonds. The quantitative estimate of drug-likeness (QED) is 0.557. The van der Waals surface area contributed by atoms with Gasteiger partial charge in [-0.3, -0.25) is 9.59 Å². The van der Waals surface area contributed by atoms with Gasteiger partial charge in [0.2, 0.25) is 11.8 Å². The Hall–Kier alpha value is -1.59. The molecule has 86 valence electrons. The van der Waals surface area contributed by atoms with E-state index in [2.05, 4.69) is 10.6 Å². The minimum atomic E-state index is -1.06. The number of nitrogens with one attached hydrogen (secondary N) is 2. The van der Waals surface area contributed by atoms with Gasteiger partial charge in [0.1, 0.15) is 6.04 Å². The Labute approximate surface area is 88.0 Å². The van der Waals surface area contributed by atoms with Crippen LogP contribution in [0, 0.1) is 0 Å². The summed E-state index contributed by atoms with van der Waals surface area (Å²) in [5.41, 5.74) is 0.